The van der Waals surface area contributed by atoms with Crippen molar-refractivity contribution < 1.29 is 19.4 Å². The van der Waals surface area contributed by atoms with Crippen LogP contribution in [0.3, 0.4) is 0 Å². The van der Waals surface area contributed by atoms with Crippen LogP contribution in [0.2, 0.25) is 0 Å². The molecule has 4 atom stereocenters. The number of likely N-dealkylation sites (tertiary alicyclic amines) is 1. The molecule has 0 bridgehead atoms. The molecule has 3 aromatic rings. The van der Waals surface area contributed by atoms with Gasteiger partial charge >= 0.3 is 5.97 Å². The molecule has 11 heteroatoms. The second kappa shape index (κ2) is 10.6. The van der Waals surface area contributed by atoms with Crippen LogP contribution in [0.1, 0.15) is 42.6 Å². The van der Waals surface area contributed by atoms with Crippen molar-refractivity contribution in [1.82, 2.24) is 24.1 Å². The first kappa shape index (κ1) is 24.2. The normalized spacial score (nSPS) is 25.2. The number of hydrogen-bond donors (Lipinski definition) is 2. The van der Waals surface area contributed by atoms with E-state index in [9.17, 15) is 9.59 Å². The van der Waals surface area contributed by atoms with Crippen molar-refractivity contribution in [2.75, 3.05) is 13.1 Å². The lowest BCUT2D eigenvalue weighted by Gasteiger charge is -2.31. The number of nitrogens with zero attached hydrogens (tertiary/aromatic N) is 4. The number of carboxylic acids is 1. The number of halogens is 1. The molecule has 1 amide bonds. The van der Waals surface area contributed by atoms with E-state index in [4.69, 9.17) is 26.4 Å². The standard InChI is InChI=1S/C24H28ClN5O4S/c25-20-11-15(13-30-9-7-16-4-1-2-5-17(16)30)10-19(34-20)23-27-21(35-28-23)14-29-8-3-6-18(29)24(33)26-12-22(31)32/h1-2,4-5,7,9,15,18-20H,3,6,8,10-14H2,(H,26,33)(H,31,32). The lowest BCUT2D eigenvalue weighted by atomic mass is 9.95. The first-order chi connectivity index (χ1) is 17.0. The lowest BCUT2D eigenvalue weighted by molar-refractivity contribution is -0.138. The highest BCUT2D eigenvalue weighted by atomic mass is 35.5. The summed E-state index contributed by atoms with van der Waals surface area (Å²) in [6.07, 6.45) is 4.99. The van der Waals surface area contributed by atoms with E-state index in [0.717, 1.165) is 37.4 Å². The zero-order valence-electron chi connectivity index (χ0n) is 19.2. The third kappa shape index (κ3) is 5.66. The number of amides is 1. The van der Waals surface area contributed by atoms with E-state index < -0.39 is 11.5 Å². The fraction of sp³-hybridized carbons (Fsp3) is 0.500. The molecule has 2 aliphatic heterocycles. The molecule has 0 aliphatic carbocycles. The zero-order chi connectivity index (χ0) is 24.4. The zero-order valence-corrected chi connectivity index (χ0v) is 20.7. The summed E-state index contributed by atoms with van der Waals surface area (Å²) >= 11 is 7.80. The third-order valence-electron chi connectivity index (χ3n) is 6.70. The van der Waals surface area contributed by atoms with Crippen molar-refractivity contribution in [2.45, 2.75) is 56.5 Å². The Labute approximate surface area is 212 Å². The predicted molar refractivity (Wildman–Crippen MR) is 132 cm³/mol. The van der Waals surface area contributed by atoms with Crippen molar-refractivity contribution in [2.24, 2.45) is 5.92 Å². The summed E-state index contributed by atoms with van der Waals surface area (Å²) < 4.78 is 12.8. The number of carboxylic acid groups (broad SMARTS) is 1. The molecular weight excluding hydrogens is 490 g/mol. The Morgan fingerprint density at radius 3 is 2.97 bits per heavy atom. The van der Waals surface area contributed by atoms with Crippen molar-refractivity contribution in [3.8, 4) is 0 Å². The third-order valence-corrected chi connectivity index (χ3v) is 7.69. The summed E-state index contributed by atoms with van der Waals surface area (Å²) in [5.41, 5.74) is 0.816. The van der Waals surface area contributed by atoms with E-state index in [-0.39, 0.29) is 24.6 Å². The fourth-order valence-corrected chi connectivity index (χ4v) is 6.16. The van der Waals surface area contributed by atoms with E-state index in [0.29, 0.717) is 24.7 Å². The van der Waals surface area contributed by atoms with Crippen molar-refractivity contribution in [1.29, 1.82) is 0 Å². The van der Waals surface area contributed by atoms with Crippen molar-refractivity contribution in [3.05, 3.63) is 47.4 Å². The Bertz CT molecular complexity index is 1200. The van der Waals surface area contributed by atoms with Gasteiger partial charge in [0.05, 0.1) is 12.6 Å². The van der Waals surface area contributed by atoms with Gasteiger partial charge in [0.15, 0.2) is 5.82 Å². The summed E-state index contributed by atoms with van der Waals surface area (Å²) in [4.78, 5) is 29.9. The number of para-hydroxylation sites is 1. The average Bonchev–Trinajstić information content (AvgIpc) is 3.58. The Morgan fingerprint density at radius 1 is 1.26 bits per heavy atom. The first-order valence-electron chi connectivity index (χ1n) is 11.9. The van der Waals surface area contributed by atoms with E-state index in [1.165, 1.54) is 22.4 Å². The summed E-state index contributed by atoms with van der Waals surface area (Å²) in [5, 5.41) is 13.3. The molecule has 5 rings (SSSR count). The average molecular weight is 518 g/mol. The van der Waals surface area contributed by atoms with E-state index in [1.54, 1.807) is 0 Å². The maximum atomic E-state index is 12.4. The van der Waals surface area contributed by atoms with Crippen molar-refractivity contribution >= 4 is 45.9 Å². The number of ether oxygens (including phenoxy) is 1. The van der Waals surface area contributed by atoms with Crippen LogP contribution in [0.4, 0.5) is 0 Å². The molecular formula is C24H28ClN5O4S. The number of hydrogen-bond acceptors (Lipinski definition) is 7. The van der Waals surface area contributed by atoms with Gasteiger partial charge in [-0.3, -0.25) is 14.5 Å². The van der Waals surface area contributed by atoms with Gasteiger partial charge in [-0.25, -0.2) is 4.98 Å². The molecule has 2 aliphatic rings. The summed E-state index contributed by atoms with van der Waals surface area (Å²) in [6, 6.07) is 10.1. The molecule has 35 heavy (non-hydrogen) atoms. The van der Waals surface area contributed by atoms with Crippen LogP contribution in [-0.2, 0) is 27.4 Å². The van der Waals surface area contributed by atoms with E-state index in [1.807, 2.05) is 11.0 Å². The van der Waals surface area contributed by atoms with Gasteiger partial charge in [0.2, 0.25) is 5.91 Å². The summed E-state index contributed by atoms with van der Waals surface area (Å²) in [5.74, 6) is -0.329. The molecule has 0 radical (unpaired) electrons. The number of aliphatic carboxylic acids is 1. The van der Waals surface area contributed by atoms with Gasteiger partial charge in [-0.1, -0.05) is 29.8 Å². The highest BCUT2D eigenvalue weighted by molar-refractivity contribution is 7.05. The topological polar surface area (TPSA) is 110 Å². The molecule has 4 unspecified atom stereocenters. The molecule has 9 nitrogen and oxygen atoms in total. The minimum atomic E-state index is -1.05. The van der Waals surface area contributed by atoms with Crippen LogP contribution in [0.25, 0.3) is 10.9 Å². The number of carbonyl (C=O) groups is 2. The van der Waals surface area contributed by atoms with Gasteiger partial charge in [0.25, 0.3) is 0 Å². The largest absolute Gasteiger partial charge is 0.480 e. The highest BCUT2D eigenvalue weighted by Gasteiger charge is 2.34. The maximum absolute atomic E-state index is 12.4. The van der Waals surface area contributed by atoms with Gasteiger partial charge in [-0.2, -0.15) is 4.37 Å². The lowest BCUT2D eigenvalue weighted by Crippen LogP contribution is -2.44. The van der Waals surface area contributed by atoms with Crippen molar-refractivity contribution in [3.63, 3.8) is 0 Å². The first-order valence-corrected chi connectivity index (χ1v) is 13.1. The van der Waals surface area contributed by atoms with Crippen LogP contribution in [0, 0.1) is 5.92 Å². The predicted octanol–water partition coefficient (Wildman–Crippen LogP) is 3.39. The minimum absolute atomic E-state index is 0.254. The number of fused-ring (bicyclic) bond motifs is 1. The number of benzene rings is 1. The number of carbonyl (C=O) groups excluding carboxylic acids is 1. The van der Waals surface area contributed by atoms with Crippen LogP contribution in [0.5, 0.6) is 0 Å². The van der Waals surface area contributed by atoms with E-state index in [2.05, 4.69) is 44.7 Å². The Balaban J connectivity index is 1.22. The van der Waals surface area contributed by atoms with Gasteiger partial charge in [-0.05, 0) is 67.2 Å². The molecule has 186 valence electrons. The molecule has 2 aromatic heterocycles. The van der Waals surface area contributed by atoms with Gasteiger partial charge in [0.1, 0.15) is 23.2 Å². The molecule has 4 heterocycles. The second-order valence-corrected chi connectivity index (χ2v) is 10.5. The quantitative estimate of drug-likeness (QED) is 0.441. The maximum Gasteiger partial charge on any atom is 0.322 e. The smallest absolute Gasteiger partial charge is 0.322 e. The minimum Gasteiger partial charge on any atom is -0.480 e. The Morgan fingerprint density at radius 2 is 2.11 bits per heavy atom. The van der Waals surface area contributed by atoms with E-state index >= 15 is 0 Å². The fourth-order valence-electron chi connectivity index (χ4n) is 5.07. The van der Waals surface area contributed by atoms with Crippen LogP contribution in [0.15, 0.2) is 36.5 Å². The van der Waals surface area contributed by atoms with Gasteiger partial charge in [0, 0.05) is 18.3 Å². The SMILES string of the molecule is O=C(O)CNC(=O)C1CCCN1Cc1nc(C2CC(Cn3ccc4ccccc43)CC(Cl)O2)ns1. The van der Waals surface area contributed by atoms with Crippen LogP contribution in [-0.4, -0.2) is 60.5 Å². The Hall–Kier alpha value is -2.53. The number of aromatic nitrogens is 3. The number of rotatable bonds is 8. The number of alkyl halides is 1. The number of nitrogens with one attached hydrogen (secondary N) is 1. The monoisotopic (exact) mass is 517 g/mol. The van der Waals surface area contributed by atoms with Crippen LogP contribution < -0.4 is 5.32 Å². The second-order valence-electron chi connectivity index (χ2n) is 9.19. The van der Waals surface area contributed by atoms with Gasteiger partial charge in [-0.15, -0.1) is 0 Å². The summed E-state index contributed by atoms with van der Waals surface area (Å²) in [6.45, 7) is 1.74. The molecule has 1 aromatic carbocycles. The molecule has 2 fully saturated rings. The molecule has 2 saturated heterocycles. The molecule has 2 N–H and O–H groups in total. The Kier molecular flexibility index (Phi) is 7.33. The molecule has 0 spiro atoms. The van der Waals surface area contributed by atoms with Crippen LogP contribution >= 0.6 is 23.1 Å². The highest BCUT2D eigenvalue weighted by Crippen LogP contribution is 2.37. The summed E-state index contributed by atoms with van der Waals surface area (Å²) in [7, 11) is 0. The van der Waals surface area contributed by atoms with Gasteiger partial charge < -0.3 is 19.7 Å². The molecule has 0 saturated carbocycles.